The molecule has 31 heavy (non-hydrogen) atoms. The van der Waals surface area contributed by atoms with Gasteiger partial charge in [-0.2, -0.15) is 5.10 Å². The van der Waals surface area contributed by atoms with E-state index in [0.717, 1.165) is 0 Å². The van der Waals surface area contributed by atoms with Gasteiger partial charge in [-0.25, -0.2) is 9.82 Å². The Morgan fingerprint density at radius 2 is 1.71 bits per heavy atom. The number of anilines is 1. The van der Waals surface area contributed by atoms with E-state index in [1.807, 2.05) is 0 Å². The average molecular weight is 460 g/mol. The number of para-hydroxylation sites is 1. The minimum Gasteiger partial charge on any atom is -0.483 e. The molecule has 3 rings (SSSR count). The predicted octanol–water partition coefficient (Wildman–Crippen LogP) is 4.91. The Bertz CT molecular complexity index is 1120. The molecule has 0 atom stereocenters. The molecule has 0 aliphatic carbocycles. The van der Waals surface area contributed by atoms with Crippen LogP contribution >= 0.6 is 23.2 Å². The van der Waals surface area contributed by atoms with Crippen molar-refractivity contribution in [1.82, 2.24) is 5.43 Å². The summed E-state index contributed by atoms with van der Waals surface area (Å²) in [5.41, 5.74) is 3.26. The zero-order chi connectivity index (χ0) is 22.2. The Labute approximate surface area is 187 Å². The third kappa shape index (κ3) is 6.53. The summed E-state index contributed by atoms with van der Waals surface area (Å²) in [7, 11) is 0. The molecule has 2 N–H and O–H groups in total. The molecule has 0 aliphatic heterocycles. The standard InChI is InChI=1S/C22H16Cl2FN3O3/c23-16-7-5-14(6-8-16)22(30)28-26-12-15-11-17(24)9-10-20(15)31-13-21(29)27-19-4-2-1-3-18(19)25/h1-12H,13H2,(H,27,29)(H,28,30). The van der Waals surface area contributed by atoms with Crippen molar-refractivity contribution in [2.24, 2.45) is 5.10 Å². The van der Waals surface area contributed by atoms with E-state index in [2.05, 4.69) is 15.8 Å². The molecule has 3 aromatic carbocycles. The van der Waals surface area contributed by atoms with Crippen molar-refractivity contribution in [3.05, 3.63) is 93.7 Å². The van der Waals surface area contributed by atoms with Gasteiger partial charge >= 0.3 is 0 Å². The lowest BCUT2D eigenvalue weighted by Crippen LogP contribution is -2.21. The highest BCUT2D eigenvalue weighted by atomic mass is 35.5. The van der Waals surface area contributed by atoms with Crippen molar-refractivity contribution in [3.63, 3.8) is 0 Å². The van der Waals surface area contributed by atoms with E-state index in [4.69, 9.17) is 27.9 Å². The Kier molecular flexibility index (Phi) is 7.59. The van der Waals surface area contributed by atoms with E-state index >= 15 is 0 Å². The zero-order valence-corrected chi connectivity index (χ0v) is 17.5. The number of benzene rings is 3. The van der Waals surface area contributed by atoms with E-state index in [1.165, 1.54) is 24.4 Å². The molecular formula is C22H16Cl2FN3O3. The minimum absolute atomic E-state index is 0.0545. The monoisotopic (exact) mass is 459 g/mol. The normalized spacial score (nSPS) is 10.7. The number of hydrazone groups is 1. The van der Waals surface area contributed by atoms with Crippen molar-refractivity contribution >= 4 is 46.9 Å². The van der Waals surface area contributed by atoms with Gasteiger partial charge in [0, 0.05) is 21.2 Å². The molecule has 0 saturated carbocycles. The number of nitrogens with zero attached hydrogens (tertiary/aromatic N) is 1. The molecule has 3 aromatic rings. The SMILES string of the molecule is O=C(COc1ccc(Cl)cc1C=NNC(=O)c1ccc(Cl)cc1)Nc1ccccc1F. The van der Waals surface area contributed by atoms with Crippen molar-refractivity contribution in [1.29, 1.82) is 0 Å². The third-order valence-electron chi connectivity index (χ3n) is 3.95. The highest BCUT2D eigenvalue weighted by Crippen LogP contribution is 2.22. The first-order valence-electron chi connectivity index (χ1n) is 8.98. The Hall–Kier alpha value is -3.42. The summed E-state index contributed by atoms with van der Waals surface area (Å²) in [4.78, 5) is 24.2. The van der Waals surface area contributed by atoms with Crippen molar-refractivity contribution < 1.29 is 18.7 Å². The van der Waals surface area contributed by atoms with Crippen LogP contribution in [0.15, 0.2) is 71.8 Å². The molecule has 0 aromatic heterocycles. The van der Waals surface area contributed by atoms with Crippen LogP contribution in [0.5, 0.6) is 5.75 Å². The summed E-state index contributed by atoms with van der Waals surface area (Å²) in [5, 5.41) is 7.25. The van der Waals surface area contributed by atoms with Crippen LogP contribution in [0, 0.1) is 5.82 Å². The fourth-order valence-corrected chi connectivity index (χ4v) is 2.78. The molecule has 0 unspecified atom stereocenters. The van der Waals surface area contributed by atoms with E-state index in [-0.39, 0.29) is 12.3 Å². The number of nitrogens with one attached hydrogen (secondary N) is 2. The van der Waals surface area contributed by atoms with E-state index < -0.39 is 17.6 Å². The van der Waals surface area contributed by atoms with Gasteiger partial charge in [-0.3, -0.25) is 9.59 Å². The van der Waals surface area contributed by atoms with Crippen LogP contribution in [0.1, 0.15) is 15.9 Å². The highest BCUT2D eigenvalue weighted by molar-refractivity contribution is 6.31. The molecule has 6 nitrogen and oxygen atoms in total. The molecule has 0 saturated heterocycles. The lowest BCUT2D eigenvalue weighted by atomic mass is 10.2. The van der Waals surface area contributed by atoms with Gasteiger partial charge < -0.3 is 10.1 Å². The first-order chi connectivity index (χ1) is 14.9. The molecule has 0 spiro atoms. The average Bonchev–Trinajstić information content (AvgIpc) is 2.75. The van der Waals surface area contributed by atoms with Crippen LogP contribution in [0.2, 0.25) is 10.0 Å². The molecule has 0 aliphatic rings. The Balaban J connectivity index is 1.62. The molecule has 158 valence electrons. The maximum Gasteiger partial charge on any atom is 0.271 e. The maximum atomic E-state index is 13.6. The molecule has 2 amide bonds. The van der Waals surface area contributed by atoms with Crippen molar-refractivity contribution in [3.8, 4) is 5.75 Å². The number of carbonyl (C=O) groups excluding carboxylic acids is 2. The third-order valence-corrected chi connectivity index (χ3v) is 4.44. The van der Waals surface area contributed by atoms with Gasteiger partial charge in [0.1, 0.15) is 11.6 Å². The number of hydrogen-bond donors (Lipinski definition) is 2. The van der Waals surface area contributed by atoms with Crippen LogP contribution in [-0.4, -0.2) is 24.6 Å². The van der Waals surface area contributed by atoms with Gasteiger partial charge in [0.15, 0.2) is 6.61 Å². The van der Waals surface area contributed by atoms with Gasteiger partial charge in [0.25, 0.3) is 11.8 Å². The number of carbonyl (C=O) groups is 2. The smallest absolute Gasteiger partial charge is 0.271 e. The van der Waals surface area contributed by atoms with Gasteiger partial charge in [-0.05, 0) is 54.6 Å². The van der Waals surface area contributed by atoms with Crippen LogP contribution in [0.3, 0.4) is 0 Å². The molecular weight excluding hydrogens is 444 g/mol. The molecule has 0 bridgehead atoms. The molecule has 0 fully saturated rings. The van der Waals surface area contributed by atoms with Gasteiger partial charge in [0.05, 0.1) is 11.9 Å². The lowest BCUT2D eigenvalue weighted by molar-refractivity contribution is -0.118. The second kappa shape index (κ2) is 10.6. The predicted molar refractivity (Wildman–Crippen MR) is 118 cm³/mol. The molecule has 9 heteroatoms. The highest BCUT2D eigenvalue weighted by Gasteiger charge is 2.10. The number of halogens is 3. The van der Waals surface area contributed by atoms with E-state index in [1.54, 1.807) is 48.5 Å². The Morgan fingerprint density at radius 3 is 2.45 bits per heavy atom. The summed E-state index contributed by atoms with van der Waals surface area (Å²) in [6.45, 7) is -0.367. The fraction of sp³-hybridized carbons (Fsp3) is 0.0455. The van der Waals surface area contributed by atoms with Crippen molar-refractivity contribution in [2.75, 3.05) is 11.9 Å². The van der Waals surface area contributed by atoms with E-state index in [9.17, 15) is 14.0 Å². The summed E-state index contributed by atoms with van der Waals surface area (Å²) in [6.07, 6.45) is 1.34. The second-order valence-corrected chi connectivity index (χ2v) is 7.08. The number of amides is 2. The van der Waals surface area contributed by atoms with Gasteiger partial charge in [-0.15, -0.1) is 0 Å². The first kappa shape index (κ1) is 22.3. The minimum atomic E-state index is -0.549. The molecule has 0 heterocycles. The quantitative estimate of drug-likeness (QED) is 0.388. The molecule has 0 radical (unpaired) electrons. The maximum absolute atomic E-state index is 13.6. The van der Waals surface area contributed by atoms with Gasteiger partial charge in [0.2, 0.25) is 0 Å². The second-order valence-electron chi connectivity index (χ2n) is 6.20. The summed E-state index contributed by atoms with van der Waals surface area (Å²) in [6, 6.07) is 16.8. The topological polar surface area (TPSA) is 79.8 Å². The van der Waals surface area contributed by atoms with Crippen LogP contribution < -0.4 is 15.5 Å². The zero-order valence-electron chi connectivity index (χ0n) is 15.9. The van der Waals surface area contributed by atoms with Crippen molar-refractivity contribution in [2.45, 2.75) is 0 Å². The van der Waals surface area contributed by atoms with E-state index in [0.29, 0.717) is 26.9 Å². The Morgan fingerprint density at radius 1 is 1.00 bits per heavy atom. The fourth-order valence-electron chi connectivity index (χ4n) is 2.47. The first-order valence-corrected chi connectivity index (χ1v) is 9.73. The number of hydrogen-bond acceptors (Lipinski definition) is 4. The van der Waals surface area contributed by atoms with Crippen LogP contribution in [0.4, 0.5) is 10.1 Å². The largest absolute Gasteiger partial charge is 0.483 e. The number of ether oxygens (including phenoxy) is 1. The van der Waals surface area contributed by atoms with Gasteiger partial charge in [-0.1, -0.05) is 35.3 Å². The summed E-state index contributed by atoms with van der Waals surface area (Å²) >= 11 is 11.8. The lowest BCUT2D eigenvalue weighted by Gasteiger charge is -2.10. The van der Waals surface area contributed by atoms with Crippen LogP contribution in [0.25, 0.3) is 0 Å². The number of rotatable bonds is 7. The summed E-state index contributed by atoms with van der Waals surface area (Å²) in [5.74, 6) is -1.22. The van der Waals surface area contributed by atoms with Crippen LogP contribution in [-0.2, 0) is 4.79 Å². The summed E-state index contributed by atoms with van der Waals surface area (Å²) < 4.78 is 19.1.